The summed E-state index contributed by atoms with van der Waals surface area (Å²) in [6.45, 7) is 2.25. The zero-order valence-corrected chi connectivity index (χ0v) is 17.3. The molecule has 5 nitrogen and oxygen atoms in total. The number of fused-ring (bicyclic) bond motifs is 1. The zero-order valence-electron chi connectivity index (χ0n) is 16.5. The van der Waals surface area contributed by atoms with Crippen LogP contribution in [0.5, 0.6) is 0 Å². The second-order valence-electron chi connectivity index (χ2n) is 8.37. The summed E-state index contributed by atoms with van der Waals surface area (Å²) in [6, 6.07) is 8.19. The molecule has 3 fully saturated rings. The highest BCUT2D eigenvalue weighted by atomic mass is 35.5. The lowest BCUT2D eigenvalue weighted by Crippen LogP contribution is -2.42. The summed E-state index contributed by atoms with van der Waals surface area (Å²) in [5.74, 6) is 0.912. The Morgan fingerprint density at radius 3 is 2.43 bits per heavy atom. The number of nitrogens with one attached hydrogen (secondary N) is 2. The SMILES string of the molecule is Cl.O=C(NCc1ccc(C(=O)N2CCCCC2)cc1)C1CC2CCCCC2N1. The van der Waals surface area contributed by atoms with Crippen LogP contribution in [0.2, 0.25) is 0 Å². The molecule has 2 amide bonds. The van der Waals surface area contributed by atoms with Crippen molar-refractivity contribution in [3.63, 3.8) is 0 Å². The molecule has 0 bridgehead atoms. The third kappa shape index (κ3) is 4.87. The molecule has 0 aromatic heterocycles. The van der Waals surface area contributed by atoms with Crippen LogP contribution in [0.3, 0.4) is 0 Å². The van der Waals surface area contributed by atoms with E-state index in [1.165, 1.54) is 32.1 Å². The van der Waals surface area contributed by atoms with Crippen molar-refractivity contribution in [1.82, 2.24) is 15.5 Å². The van der Waals surface area contributed by atoms with Gasteiger partial charge in [0.25, 0.3) is 5.91 Å². The summed E-state index contributed by atoms with van der Waals surface area (Å²) in [6.07, 6.45) is 9.46. The van der Waals surface area contributed by atoms with Crippen molar-refractivity contribution in [3.8, 4) is 0 Å². The van der Waals surface area contributed by atoms with Crippen molar-refractivity contribution in [2.75, 3.05) is 13.1 Å². The van der Waals surface area contributed by atoms with Gasteiger partial charge in [0.05, 0.1) is 6.04 Å². The molecule has 0 radical (unpaired) electrons. The highest BCUT2D eigenvalue weighted by molar-refractivity contribution is 5.94. The van der Waals surface area contributed by atoms with E-state index in [1.54, 1.807) is 0 Å². The first kappa shape index (κ1) is 21.1. The molecule has 0 spiro atoms. The fourth-order valence-corrected chi connectivity index (χ4v) is 4.88. The highest BCUT2D eigenvalue weighted by Crippen LogP contribution is 2.33. The number of nitrogens with zero attached hydrogens (tertiary/aromatic N) is 1. The second-order valence-corrected chi connectivity index (χ2v) is 8.37. The van der Waals surface area contributed by atoms with Gasteiger partial charge in [-0.05, 0) is 62.1 Å². The van der Waals surface area contributed by atoms with E-state index < -0.39 is 0 Å². The molecule has 2 heterocycles. The van der Waals surface area contributed by atoms with Crippen molar-refractivity contribution in [2.45, 2.75) is 70.0 Å². The molecule has 6 heteroatoms. The number of likely N-dealkylation sites (tertiary alicyclic amines) is 1. The first-order valence-electron chi connectivity index (χ1n) is 10.6. The minimum Gasteiger partial charge on any atom is -0.351 e. The number of benzene rings is 1. The van der Waals surface area contributed by atoms with E-state index in [-0.39, 0.29) is 30.3 Å². The summed E-state index contributed by atoms with van der Waals surface area (Å²) in [4.78, 5) is 27.0. The molecule has 1 saturated carbocycles. The predicted molar refractivity (Wildman–Crippen MR) is 113 cm³/mol. The van der Waals surface area contributed by atoms with Gasteiger partial charge in [0, 0.05) is 31.2 Å². The van der Waals surface area contributed by atoms with Gasteiger partial charge in [-0.25, -0.2) is 0 Å². The van der Waals surface area contributed by atoms with Gasteiger partial charge in [0.15, 0.2) is 0 Å². The predicted octanol–water partition coefficient (Wildman–Crippen LogP) is 3.27. The van der Waals surface area contributed by atoms with Gasteiger partial charge in [-0.1, -0.05) is 25.0 Å². The van der Waals surface area contributed by atoms with Gasteiger partial charge in [-0.15, -0.1) is 12.4 Å². The first-order chi connectivity index (χ1) is 13.2. The maximum Gasteiger partial charge on any atom is 0.253 e. The van der Waals surface area contributed by atoms with E-state index in [0.717, 1.165) is 43.5 Å². The van der Waals surface area contributed by atoms with E-state index in [2.05, 4.69) is 10.6 Å². The summed E-state index contributed by atoms with van der Waals surface area (Å²) in [5.41, 5.74) is 1.78. The summed E-state index contributed by atoms with van der Waals surface area (Å²) in [5, 5.41) is 6.59. The minimum atomic E-state index is -0.0435. The molecule has 1 aromatic rings. The third-order valence-electron chi connectivity index (χ3n) is 6.49. The number of hydrogen-bond acceptors (Lipinski definition) is 3. The fourth-order valence-electron chi connectivity index (χ4n) is 4.88. The molecule has 1 aliphatic carbocycles. The Kier molecular flexibility index (Phi) is 7.36. The molecule has 2 aliphatic heterocycles. The first-order valence-corrected chi connectivity index (χ1v) is 10.6. The number of carbonyl (C=O) groups is 2. The number of amides is 2. The van der Waals surface area contributed by atoms with Crippen molar-refractivity contribution < 1.29 is 9.59 Å². The van der Waals surface area contributed by atoms with Crippen molar-refractivity contribution >= 4 is 24.2 Å². The largest absolute Gasteiger partial charge is 0.351 e. The third-order valence-corrected chi connectivity index (χ3v) is 6.49. The van der Waals surface area contributed by atoms with Crippen LogP contribution in [0.15, 0.2) is 24.3 Å². The lowest BCUT2D eigenvalue weighted by atomic mass is 9.85. The highest BCUT2D eigenvalue weighted by Gasteiger charge is 2.37. The number of piperidine rings is 1. The quantitative estimate of drug-likeness (QED) is 0.808. The van der Waals surface area contributed by atoms with Crippen LogP contribution in [0.4, 0.5) is 0 Å². The van der Waals surface area contributed by atoms with E-state index in [9.17, 15) is 9.59 Å². The van der Waals surface area contributed by atoms with Gasteiger partial charge >= 0.3 is 0 Å². The average molecular weight is 406 g/mol. The maximum atomic E-state index is 12.5. The number of halogens is 1. The molecule has 3 atom stereocenters. The Morgan fingerprint density at radius 1 is 1.00 bits per heavy atom. The second kappa shape index (κ2) is 9.75. The molecule has 28 heavy (non-hydrogen) atoms. The molecule has 1 aromatic carbocycles. The standard InChI is InChI=1S/C22H31N3O2.ClH/c26-21(20-14-18-6-2-3-7-19(18)24-20)23-15-16-8-10-17(11-9-16)22(27)25-12-4-1-5-13-25;/h8-11,18-20,24H,1-7,12-15H2,(H,23,26);1H. The average Bonchev–Trinajstić information content (AvgIpc) is 3.17. The number of carbonyl (C=O) groups excluding carboxylic acids is 2. The molecule has 2 N–H and O–H groups in total. The van der Waals surface area contributed by atoms with Gasteiger partial charge < -0.3 is 15.5 Å². The Labute approximate surface area is 174 Å². The van der Waals surface area contributed by atoms with Crippen LogP contribution in [0.25, 0.3) is 0 Å². The van der Waals surface area contributed by atoms with Crippen molar-refractivity contribution in [1.29, 1.82) is 0 Å². The lowest BCUT2D eigenvalue weighted by molar-refractivity contribution is -0.123. The Balaban J connectivity index is 0.00000225. The molecule has 2 saturated heterocycles. The lowest BCUT2D eigenvalue weighted by Gasteiger charge is -2.26. The van der Waals surface area contributed by atoms with Crippen LogP contribution in [-0.2, 0) is 11.3 Å². The van der Waals surface area contributed by atoms with Crippen molar-refractivity contribution in [3.05, 3.63) is 35.4 Å². The molecular formula is C22H32ClN3O2. The van der Waals surface area contributed by atoms with Crippen LogP contribution in [0, 0.1) is 5.92 Å². The number of rotatable bonds is 4. The topological polar surface area (TPSA) is 61.4 Å². The molecule has 154 valence electrons. The van der Waals surface area contributed by atoms with Gasteiger partial charge in [0.2, 0.25) is 5.91 Å². The Morgan fingerprint density at radius 2 is 1.71 bits per heavy atom. The van der Waals surface area contributed by atoms with Crippen LogP contribution >= 0.6 is 12.4 Å². The Bertz CT molecular complexity index is 659. The summed E-state index contributed by atoms with van der Waals surface area (Å²) in [7, 11) is 0. The smallest absolute Gasteiger partial charge is 0.253 e. The maximum absolute atomic E-state index is 12.5. The van der Waals surface area contributed by atoms with Crippen molar-refractivity contribution in [2.24, 2.45) is 5.92 Å². The van der Waals surface area contributed by atoms with Crippen LogP contribution in [0.1, 0.15) is 67.3 Å². The van der Waals surface area contributed by atoms with E-state index in [1.807, 2.05) is 29.2 Å². The minimum absolute atomic E-state index is 0. The van der Waals surface area contributed by atoms with Gasteiger partial charge in [-0.2, -0.15) is 0 Å². The summed E-state index contributed by atoms with van der Waals surface area (Å²) < 4.78 is 0. The van der Waals surface area contributed by atoms with E-state index >= 15 is 0 Å². The van der Waals surface area contributed by atoms with Gasteiger partial charge in [0.1, 0.15) is 0 Å². The number of hydrogen-bond donors (Lipinski definition) is 2. The molecular weight excluding hydrogens is 374 g/mol. The monoisotopic (exact) mass is 405 g/mol. The normalized spacial score (nSPS) is 26.9. The fraction of sp³-hybridized carbons (Fsp3) is 0.636. The molecule has 4 rings (SSSR count). The Hall–Kier alpha value is -1.59. The van der Waals surface area contributed by atoms with Crippen LogP contribution in [-0.4, -0.2) is 41.9 Å². The van der Waals surface area contributed by atoms with E-state index in [4.69, 9.17) is 0 Å². The van der Waals surface area contributed by atoms with Crippen LogP contribution < -0.4 is 10.6 Å². The van der Waals surface area contributed by atoms with Gasteiger partial charge in [-0.3, -0.25) is 9.59 Å². The molecule has 3 aliphatic rings. The molecule has 3 unspecified atom stereocenters. The van der Waals surface area contributed by atoms with E-state index in [0.29, 0.717) is 18.5 Å². The zero-order chi connectivity index (χ0) is 18.6. The summed E-state index contributed by atoms with van der Waals surface area (Å²) >= 11 is 0.